The minimum Gasteiger partial charge on any atom is -0.488 e. The van der Waals surface area contributed by atoms with E-state index in [1.807, 2.05) is 13.0 Å². The van der Waals surface area contributed by atoms with Crippen molar-refractivity contribution >= 4 is 11.6 Å². The molecular weight excluding hydrogens is 234 g/mol. The van der Waals surface area contributed by atoms with Gasteiger partial charge in [-0.3, -0.25) is 0 Å². The summed E-state index contributed by atoms with van der Waals surface area (Å²) >= 11 is 5.95. The molecule has 0 fully saturated rings. The van der Waals surface area contributed by atoms with E-state index in [4.69, 9.17) is 16.3 Å². The highest BCUT2D eigenvalue weighted by atomic mass is 35.5. The minimum absolute atomic E-state index is 0.249. The lowest BCUT2D eigenvalue weighted by atomic mass is 10.1. The molecule has 0 radical (unpaired) electrons. The molecule has 17 heavy (non-hydrogen) atoms. The van der Waals surface area contributed by atoms with E-state index in [1.54, 1.807) is 0 Å². The van der Waals surface area contributed by atoms with Crippen molar-refractivity contribution in [2.75, 3.05) is 20.1 Å². The fourth-order valence-electron chi connectivity index (χ4n) is 2.19. The van der Waals surface area contributed by atoms with Crippen molar-refractivity contribution in [1.29, 1.82) is 0 Å². The van der Waals surface area contributed by atoms with Crippen molar-refractivity contribution < 1.29 is 4.74 Å². The second kappa shape index (κ2) is 5.74. The monoisotopic (exact) mass is 253 g/mol. The van der Waals surface area contributed by atoms with E-state index >= 15 is 0 Å². The normalized spacial score (nSPS) is 20.1. The van der Waals surface area contributed by atoms with E-state index in [2.05, 4.69) is 30.1 Å². The summed E-state index contributed by atoms with van der Waals surface area (Å²) in [6, 6.07) is 8.30. The highest BCUT2D eigenvalue weighted by Crippen LogP contribution is 2.28. The molecule has 0 N–H and O–H groups in total. The zero-order valence-electron chi connectivity index (χ0n) is 10.5. The number of hydrogen-bond donors (Lipinski definition) is 0. The zero-order valence-corrected chi connectivity index (χ0v) is 11.3. The summed E-state index contributed by atoms with van der Waals surface area (Å²) in [6.45, 7) is 4.04. The summed E-state index contributed by atoms with van der Waals surface area (Å²) < 4.78 is 5.91. The number of alkyl halides is 1. The summed E-state index contributed by atoms with van der Waals surface area (Å²) in [4.78, 5) is 2.30. The van der Waals surface area contributed by atoms with Crippen LogP contribution in [0, 0.1) is 0 Å². The third-order valence-corrected chi connectivity index (χ3v) is 3.36. The Morgan fingerprint density at radius 1 is 1.47 bits per heavy atom. The first-order valence-electron chi connectivity index (χ1n) is 6.22. The lowest BCUT2D eigenvalue weighted by molar-refractivity contribution is 0.168. The van der Waals surface area contributed by atoms with Gasteiger partial charge in [0.05, 0.1) is 0 Å². The van der Waals surface area contributed by atoms with Gasteiger partial charge in [0.1, 0.15) is 11.9 Å². The van der Waals surface area contributed by atoms with Crippen LogP contribution in [0.4, 0.5) is 0 Å². The Morgan fingerprint density at radius 3 is 2.94 bits per heavy atom. The Balaban J connectivity index is 1.79. The molecule has 2 rings (SSSR count). The highest BCUT2D eigenvalue weighted by molar-refractivity contribution is 6.20. The van der Waals surface area contributed by atoms with Crippen molar-refractivity contribution in [2.24, 2.45) is 0 Å². The summed E-state index contributed by atoms with van der Waals surface area (Å²) in [6.07, 6.45) is 2.34. The number of benzene rings is 1. The molecule has 0 aromatic heterocycles. The first-order chi connectivity index (χ1) is 8.15. The summed E-state index contributed by atoms with van der Waals surface area (Å²) in [5.41, 5.74) is 1.33. The molecule has 0 aliphatic carbocycles. The third-order valence-electron chi connectivity index (χ3n) is 3.14. The number of fused-ring (bicyclic) bond motifs is 1. The quantitative estimate of drug-likeness (QED) is 0.749. The number of hydrogen-bond acceptors (Lipinski definition) is 2. The molecule has 0 saturated heterocycles. The summed E-state index contributed by atoms with van der Waals surface area (Å²) in [7, 11) is 2.13. The largest absolute Gasteiger partial charge is 0.488 e. The Kier molecular flexibility index (Phi) is 4.30. The van der Waals surface area contributed by atoms with Crippen molar-refractivity contribution in [3.8, 4) is 5.75 Å². The van der Waals surface area contributed by atoms with Crippen LogP contribution in [0.2, 0.25) is 0 Å². The maximum absolute atomic E-state index is 5.95. The lowest BCUT2D eigenvalue weighted by Crippen LogP contribution is -2.33. The molecule has 2 unspecified atom stereocenters. The van der Waals surface area contributed by atoms with Crippen LogP contribution in [0.5, 0.6) is 5.75 Å². The Labute approximate surface area is 109 Å². The highest BCUT2D eigenvalue weighted by Gasteiger charge is 2.23. The number of likely N-dealkylation sites (N-methyl/N-ethyl adjacent to an activating group) is 1. The molecule has 0 spiro atoms. The fourth-order valence-corrected chi connectivity index (χ4v) is 2.29. The SMILES string of the molecule is CC(Cl)CCN(C)CC1Cc2ccccc2O1. The van der Waals surface area contributed by atoms with Crippen LogP contribution in [0.25, 0.3) is 0 Å². The fraction of sp³-hybridized carbons (Fsp3) is 0.571. The molecule has 1 aliphatic rings. The molecule has 1 heterocycles. The van der Waals surface area contributed by atoms with Crippen molar-refractivity contribution in [1.82, 2.24) is 4.90 Å². The van der Waals surface area contributed by atoms with Gasteiger partial charge in [0.15, 0.2) is 0 Å². The predicted octanol–water partition coefficient (Wildman–Crippen LogP) is 2.94. The third kappa shape index (κ3) is 3.62. The minimum atomic E-state index is 0.249. The van der Waals surface area contributed by atoms with Crippen LogP contribution >= 0.6 is 11.6 Å². The summed E-state index contributed by atoms with van der Waals surface area (Å²) in [5, 5.41) is 0.249. The molecule has 1 aromatic rings. The van der Waals surface area contributed by atoms with Gasteiger partial charge in [0.2, 0.25) is 0 Å². The molecule has 1 aliphatic heterocycles. The van der Waals surface area contributed by atoms with E-state index in [0.29, 0.717) is 6.10 Å². The second-order valence-corrected chi connectivity index (χ2v) is 5.63. The average Bonchev–Trinajstić information content (AvgIpc) is 2.68. The molecule has 0 saturated carbocycles. The van der Waals surface area contributed by atoms with Crippen LogP contribution in [0.1, 0.15) is 18.9 Å². The lowest BCUT2D eigenvalue weighted by Gasteiger charge is -2.21. The Hall–Kier alpha value is -0.730. The van der Waals surface area contributed by atoms with Crippen molar-refractivity contribution in [3.05, 3.63) is 29.8 Å². The molecule has 1 aromatic carbocycles. The van der Waals surface area contributed by atoms with Gasteiger partial charge < -0.3 is 9.64 Å². The van der Waals surface area contributed by atoms with Gasteiger partial charge in [0.25, 0.3) is 0 Å². The molecular formula is C14H20ClNO. The van der Waals surface area contributed by atoms with Crippen LogP contribution in [-0.2, 0) is 6.42 Å². The maximum atomic E-state index is 5.95. The first kappa shape index (κ1) is 12.7. The Bertz CT molecular complexity index is 342. The van der Waals surface area contributed by atoms with Gasteiger partial charge in [-0.25, -0.2) is 0 Å². The van der Waals surface area contributed by atoms with Crippen molar-refractivity contribution in [2.45, 2.75) is 31.2 Å². The van der Waals surface area contributed by atoms with Crippen LogP contribution in [0.15, 0.2) is 24.3 Å². The smallest absolute Gasteiger partial charge is 0.123 e. The molecule has 2 nitrogen and oxygen atoms in total. The van der Waals surface area contributed by atoms with Crippen LogP contribution < -0.4 is 4.74 Å². The van der Waals surface area contributed by atoms with Gasteiger partial charge in [0, 0.05) is 18.3 Å². The van der Waals surface area contributed by atoms with Gasteiger partial charge in [-0.1, -0.05) is 18.2 Å². The van der Waals surface area contributed by atoms with Gasteiger partial charge >= 0.3 is 0 Å². The number of para-hydroxylation sites is 1. The summed E-state index contributed by atoms with van der Waals surface area (Å²) in [5.74, 6) is 1.05. The van der Waals surface area contributed by atoms with E-state index in [-0.39, 0.29) is 5.38 Å². The van der Waals surface area contributed by atoms with Crippen molar-refractivity contribution in [3.63, 3.8) is 0 Å². The average molecular weight is 254 g/mol. The van der Waals surface area contributed by atoms with Gasteiger partial charge in [-0.2, -0.15) is 0 Å². The van der Waals surface area contributed by atoms with Gasteiger partial charge in [-0.15, -0.1) is 11.6 Å². The predicted molar refractivity (Wildman–Crippen MR) is 72.0 cm³/mol. The molecule has 0 bridgehead atoms. The van der Waals surface area contributed by atoms with E-state index in [0.717, 1.165) is 31.7 Å². The molecule has 3 heteroatoms. The maximum Gasteiger partial charge on any atom is 0.123 e. The number of halogens is 1. The zero-order chi connectivity index (χ0) is 12.3. The van der Waals surface area contributed by atoms with E-state index < -0.39 is 0 Å². The number of ether oxygens (including phenoxy) is 1. The molecule has 2 atom stereocenters. The molecule has 0 amide bonds. The first-order valence-corrected chi connectivity index (χ1v) is 6.66. The second-order valence-electron chi connectivity index (χ2n) is 4.88. The molecule has 94 valence electrons. The Morgan fingerprint density at radius 2 is 2.24 bits per heavy atom. The number of nitrogens with zero attached hydrogens (tertiary/aromatic N) is 1. The standard InChI is InChI=1S/C14H20ClNO/c1-11(15)7-8-16(2)10-13-9-12-5-3-4-6-14(12)17-13/h3-6,11,13H,7-10H2,1-2H3. The topological polar surface area (TPSA) is 12.5 Å². The van der Waals surface area contributed by atoms with Crippen LogP contribution in [0.3, 0.4) is 0 Å². The van der Waals surface area contributed by atoms with Gasteiger partial charge in [-0.05, 0) is 38.6 Å². The number of rotatable bonds is 5. The van der Waals surface area contributed by atoms with E-state index in [9.17, 15) is 0 Å². The van der Waals surface area contributed by atoms with E-state index in [1.165, 1.54) is 5.56 Å². The van der Waals surface area contributed by atoms with Crippen LogP contribution in [-0.4, -0.2) is 36.5 Å².